The van der Waals surface area contributed by atoms with E-state index in [9.17, 15) is 9.90 Å². The van der Waals surface area contributed by atoms with Gasteiger partial charge in [0.1, 0.15) is 18.0 Å². The molecular weight excluding hydrogens is 488 g/mol. The van der Waals surface area contributed by atoms with Gasteiger partial charge in [-0.15, -0.1) is 0 Å². The Hall–Kier alpha value is -3.49. The molecular formula is C31H38N6O2. The molecule has 2 saturated heterocycles. The van der Waals surface area contributed by atoms with Crippen molar-refractivity contribution in [3.05, 3.63) is 83.7 Å². The lowest BCUT2D eigenvalue weighted by molar-refractivity contribution is -0.0645. The lowest BCUT2D eigenvalue weighted by Gasteiger charge is -2.56. The molecule has 1 saturated carbocycles. The third kappa shape index (κ3) is 6.07. The highest BCUT2D eigenvalue weighted by molar-refractivity contribution is 5.94. The van der Waals surface area contributed by atoms with Crippen molar-refractivity contribution >= 4 is 17.5 Å². The van der Waals surface area contributed by atoms with E-state index in [1.54, 1.807) is 6.33 Å². The molecule has 1 amide bonds. The maximum atomic E-state index is 12.9. The summed E-state index contributed by atoms with van der Waals surface area (Å²) >= 11 is 0. The van der Waals surface area contributed by atoms with Crippen molar-refractivity contribution in [1.82, 2.24) is 20.2 Å². The van der Waals surface area contributed by atoms with E-state index in [1.165, 1.54) is 43.5 Å². The van der Waals surface area contributed by atoms with E-state index in [1.807, 2.05) is 36.4 Å². The monoisotopic (exact) mass is 526 g/mol. The van der Waals surface area contributed by atoms with E-state index in [0.717, 1.165) is 31.1 Å². The summed E-state index contributed by atoms with van der Waals surface area (Å²) in [5, 5.41) is 17.7. The summed E-state index contributed by atoms with van der Waals surface area (Å²) in [6.07, 6.45) is 7.16. The molecule has 204 valence electrons. The van der Waals surface area contributed by atoms with E-state index in [-0.39, 0.29) is 12.5 Å². The summed E-state index contributed by atoms with van der Waals surface area (Å²) in [5.74, 6) is 1.36. The van der Waals surface area contributed by atoms with E-state index < -0.39 is 5.60 Å². The molecule has 8 heteroatoms. The van der Waals surface area contributed by atoms with Gasteiger partial charge in [0.25, 0.3) is 5.91 Å². The number of hydrogen-bond acceptors (Lipinski definition) is 7. The molecule has 2 aromatic carbocycles. The lowest BCUT2D eigenvalue weighted by atomic mass is 9.63. The number of hydrogen-bond donors (Lipinski definition) is 3. The summed E-state index contributed by atoms with van der Waals surface area (Å²) in [6, 6.07) is 20.0. The summed E-state index contributed by atoms with van der Waals surface area (Å²) in [5.41, 5.74) is 2.65. The third-order valence-corrected chi connectivity index (χ3v) is 8.58. The van der Waals surface area contributed by atoms with Crippen LogP contribution in [-0.4, -0.2) is 64.2 Å². The Balaban J connectivity index is 0.998. The number of β-amino-alcohol motifs (C(OH)–C–C–N with tert-alkyl or cyclic N) is 1. The third-order valence-electron chi connectivity index (χ3n) is 8.58. The van der Waals surface area contributed by atoms with Crippen LogP contribution in [0.25, 0.3) is 0 Å². The molecule has 6 rings (SSSR count). The fraction of sp³-hybridized carbons (Fsp3) is 0.452. The van der Waals surface area contributed by atoms with Gasteiger partial charge in [0.2, 0.25) is 0 Å². The van der Waals surface area contributed by atoms with E-state index in [2.05, 4.69) is 54.7 Å². The number of anilines is 2. The first-order chi connectivity index (χ1) is 19.0. The van der Waals surface area contributed by atoms with Gasteiger partial charge < -0.3 is 20.6 Å². The Morgan fingerprint density at radius 3 is 2.46 bits per heavy atom. The Bertz CT molecular complexity index is 1270. The van der Waals surface area contributed by atoms with E-state index in [0.29, 0.717) is 30.5 Å². The molecule has 2 aliphatic heterocycles. The topological polar surface area (TPSA) is 93.6 Å². The molecule has 1 spiro atoms. The number of amides is 1. The molecule has 0 bridgehead atoms. The van der Waals surface area contributed by atoms with Gasteiger partial charge in [-0.2, -0.15) is 0 Å². The zero-order valence-electron chi connectivity index (χ0n) is 22.5. The van der Waals surface area contributed by atoms with Gasteiger partial charge in [-0.1, -0.05) is 48.9 Å². The molecule has 1 aromatic heterocycles. The van der Waals surface area contributed by atoms with Crippen LogP contribution in [0, 0.1) is 5.41 Å². The Labute approximate surface area is 230 Å². The number of aromatic nitrogens is 2. The van der Waals surface area contributed by atoms with Crippen LogP contribution in [0.2, 0.25) is 0 Å². The molecule has 0 radical (unpaired) electrons. The van der Waals surface area contributed by atoms with Crippen molar-refractivity contribution in [3.8, 4) is 0 Å². The van der Waals surface area contributed by atoms with Gasteiger partial charge in [-0.25, -0.2) is 9.97 Å². The van der Waals surface area contributed by atoms with Crippen molar-refractivity contribution in [2.75, 3.05) is 42.9 Å². The molecule has 3 aromatic rings. The average molecular weight is 527 g/mol. The lowest BCUT2D eigenvalue weighted by Crippen LogP contribution is -2.58. The number of rotatable bonds is 9. The molecule has 0 unspecified atom stereocenters. The number of aliphatic hydroxyl groups is 1. The van der Waals surface area contributed by atoms with Gasteiger partial charge in [-0.05, 0) is 54.4 Å². The van der Waals surface area contributed by atoms with Gasteiger partial charge in [0.15, 0.2) is 0 Å². The fourth-order valence-electron chi connectivity index (χ4n) is 6.23. The first-order valence-corrected chi connectivity index (χ1v) is 14.1. The SMILES string of the molecule is O=C(NC[C@]1(O)CCCN(c2cc(NCc3ccccc3)ncn2)C1)c1ccc(CN2CC3(CCC3)C2)cc1. The molecule has 3 fully saturated rings. The predicted molar refractivity (Wildman–Crippen MR) is 153 cm³/mol. The van der Waals surface area contributed by atoms with Crippen LogP contribution >= 0.6 is 0 Å². The second-order valence-electron chi connectivity index (χ2n) is 11.7. The van der Waals surface area contributed by atoms with E-state index >= 15 is 0 Å². The number of nitrogens with zero attached hydrogens (tertiary/aromatic N) is 4. The molecule has 1 aliphatic carbocycles. The van der Waals surface area contributed by atoms with Crippen molar-refractivity contribution < 1.29 is 9.90 Å². The second kappa shape index (κ2) is 10.9. The minimum atomic E-state index is -1.02. The van der Waals surface area contributed by atoms with Crippen molar-refractivity contribution in [2.45, 2.75) is 50.8 Å². The summed E-state index contributed by atoms with van der Waals surface area (Å²) in [7, 11) is 0. The molecule has 8 nitrogen and oxygen atoms in total. The number of likely N-dealkylation sites (tertiary alicyclic amines) is 1. The van der Waals surface area contributed by atoms with Crippen LogP contribution in [-0.2, 0) is 13.1 Å². The van der Waals surface area contributed by atoms with Gasteiger partial charge >= 0.3 is 0 Å². The predicted octanol–water partition coefficient (Wildman–Crippen LogP) is 3.84. The van der Waals surface area contributed by atoms with Crippen molar-refractivity contribution in [1.29, 1.82) is 0 Å². The number of benzene rings is 2. The first-order valence-electron chi connectivity index (χ1n) is 14.1. The number of carbonyl (C=O) groups is 1. The highest BCUT2D eigenvalue weighted by atomic mass is 16.3. The number of carbonyl (C=O) groups excluding carboxylic acids is 1. The van der Waals surface area contributed by atoms with Crippen LogP contribution in [0.5, 0.6) is 0 Å². The van der Waals surface area contributed by atoms with Crippen molar-refractivity contribution in [3.63, 3.8) is 0 Å². The maximum Gasteiger partial charge on any atom is 0.251 e. The van der Waals surface area contributed by atoms with Crippen LogP contribution in [0.1, 0.15) is 53.6 Å². The van der Waals surface area contributed by atoms with Crippen LogP contribution in [0.15, 0.2) is 67.0 Å². The zero-order valence-corrected chi connectivity index (χ0v) is 22.5. The summed E-state index contributed by atoms with van der Waals surface area (Å²) < 4.78 is 0. The number of nitrogens with one attached hydrogen (secondary N) is 2. The first kappa shape index (κ1) is 25.8. The fourth-order valence-corrected chi connectivity index (χ4v) is 6.23. The molecule has 1 atom stereocenters. The van der Waals surface area contributed by atoms with E-state index in [4.69, 9.17) is 0 Å². The van der Waals surface area contributed by atoms with Crippen molar-refractivity contribution in [2.24, 2.45) is 5.41 Å². The molecule has 3 aliphatic rings. The van der Waals surface area contributed by atoms with Gasteiger partial charge in [-0.3, -0.25) is 9.69 Å². The Morgan fingerprint density at radius 1 is 0.923 bits per heavy atom. The standard InChI is InChI=1S/C31H38N6O2/c38-29(26-10-8-25(9-11-26)18-36-20-30(21-36)12-4-13-30)33-19-31(39)14-5-15-37(22-31)28-16-27(34-23-35-28)32-17-24-6-2-1-3-7-24/h1-3,6-11,16,23,39H,4-5,12-15,17-22H2,(H,33,38)(H,32,34,35)/t31-/m1/s1. The molecule has 39 heavy (non-hydrogen) atoms. The summed E-state index contributed by atoms with van der Waals surface area (Å²) in [4.78, 5) is 26.2. The van der Waals surface area contributed by atoms with Gasteiger partial charge in [0, 0.05) is 57.4 Å². The highest BCUT2D eigenvalue weighted by Gasteiger charge is 2.46. The maximum absolute atomic E-state index is 12.9. The Morgan fingerprint density at radius 2 is 1.72 bits per heavy atom. The molecule has 3 N–H and O–H groups in total. The smallest absolute Gasteiger partial charge is 0.251 e. The molecule has 3 heterocycles. The minimum absolute atomic E-state index is 0.154. The second-order valence-corrected chi connectivity index (χ2v) is 11.7. The zero-order chi connectivity index (χ0) is 26.7. The van der Waals surface area contributed by atoms with Crippen LogP contribution < -0.4 is 15.5 Å². The van der Waals surface area contributed by atoms with Crippen LogP contribution in [0.4, 0.5) is 11.6 Å². The highest BCUT2D eigenvalue weighted by Crippen LogP contribution is 2.48. The largest absolute Gasteiger partial charge is 0.386 e. The number of piperidine rings is 1. The minimum Gasteiger partial charge on any atom is -0.386 e. The quantitative estimate of drug-likeness (QED) is 0.390. The Kier molecular flexibility index (Phi) is 7.23. The average Bonchev–Trinajstić information content (AvgIpc) is 2.92. The van der Waals surface area contributed by atoms with Gasteiger partial charge in [0.05, 0.1) is 5.60 Å². The normalized spacial score (nSPS) is 22.1. The summed E-state index contributed by atoms with van der Waals surface area (Å²) in [6.45, 7) is 5.45. The van der Waals surface area contributed by atoms with Crippen LogP contribution in [0.3, 0.4) is 0 Å².